The zero-order valence-corrected chi connectivity index (χ0v) is 28.7. The Morgan fingerprint density at radius 2 is 1.27 bits per heavy atom. The monoisotopic (exact) mass is 730 g/mol. The second-order valence-corrected chi connectivity index (χ2v) is 14.5. The molecule has 16 heteroatoms. The molecular formula is C32H38Cl2F6N2O6. The van der Waals surface area contributed by atoms with Crippen molar-refractivity contribution in [1.82, 2.24) is 0 Å². The molecule has 0 unspecified atom stereocenters. The van der Waals surface area contributed by atoms with Crippen molar-refractivity contribution >= 4 is 46.8 Å². The van der Waals surface area contributed by atoms with Crippen LogP contribution >= 0.6 is 23.2 Å². The van der Waals surface area contributed by atoms with E-state index in [4.69, 9.17) is 37.4 Å². The molecule has 0 spiro atoms. The van der Waals surface area contributed by atoms with Gasteiger partial charge in [-0.2, -0.15) is 0 Å². The van der Waals surface area contributed by atoms with Gasteiger partial charge in [0.2, 0.25) is 11.8 Å². The number of hydrogen-bond donors (Lipinski definition) is 2. The minimum Gasteiger partial charge on any atom is -0.492 e. The molecule has 48 heavy (non-hydrogen) atoms. The van der Waals surface area contributed by atoms with Crippen LogP contribution in [0.25, 0.3) is 0 Å². The van der Waals surface area contributed by atoms with Gasteiger partial charge in [-0.05, 0) is 65.8 Å². The van der Waals surface area contributed by atoms with Crippen LogP contribution in [-0.4, -0.2) is 53.5 Å². The van der Waals surface area contributed by atoms with Crippen LogP contribution in [0, 0.1) is 23.5 Å². The third-order valence-electron chi connectivity index (χ3n) is 7.11. The third-order valence-corrected chi connectivity index (χ3v) is 7.81. The molecule has 268 valence electrons. The van der Waals surface area contributed by atoms with Crippen LogP contribution in [0.1, 0.15) is 67.2 Å². The molecule has 0 radical (unpaired) electrons. The van der Waals surface area contributed by atoms with E-state index in [1.807, 2.05) is 0 Å². The van der Waals surface area contributed by atoms with Gasteiger partial charge in [0.05, 0.1) is 24.6 Å². The van der Waals surface area contributed by atoms with Crippen LogP contribution in [0.15, 0.2) is 24.3 Å². The van der Waals surface area contributed by atoms with E-state index in [9.17, 15) is 41.0 Å². The lowest BCUT2D eigenvalue weighted by atomic mass is 9.82. The van der Waals surface area contributed by atoms with Crippen molar-refractivity contribution in [2.45, 2.75) is 90.2 Å². The second kappa shape index (κ2) is 14.7. The van der Waals surface area contributed by atoms with Crippen LogP contribution in [0.2, 0.25) is 10.0 Å². The van der Waals surface area contributed by atoms with Gasteiger partial charge >= 0.3 is 12.2 Å². The van der Waals surface area contributed by atoms with Crippen molar-refractivity contribution in [1.29, 1.82) is 0 Å². The molecule has 0 aliphatic heterocycles. The summed E-state index contributed by atoms with van der Waals surface area (Å²) in [5.41, 5.74) is -1.95. The van der Waals surface area contributed by atoms with Gasteiger partial charge in [0.1, 0.15) is 27.1 Å². The number of amides is 2. The van der Waals surface area contributed by atoms with E-state index in [0.717, 1.165) is 4.90 Å². The van der Waals surface area contributed by atoms with Crippen LogP contribution in [0.4, 0.5) is 47.3 Å². The predicted octanol–water partition coefficient (Wildman–Crippen LogP) is 10.4. The molecule has 2 amide bonds. The van der Waals surface area contributed by atoms with Crippen molar-refractivity contribution < 1.29 is 55.2 Å². The standard InChI is InChI=1S/2C16H19ClF3NO3/c1-15(2,3)24-14(22)21-10-4-5-11(12(17)13(10)18)23-8-9-6-16(19,20)7-9;1-15(2,3)21(14(22)23)10-4-5-11(12(17)13(10)18)24-8-9-6-16(19,20)7-9/h4-5,9H,6-8H2,1-3H3,(H,21,22);4-5,9H,6-8H2,1-3H3,(H,22,23). The molecule has 2 N–H and O–H groups in total. The van der Waals surface area contributed by atoms with E-state index in [1.54, 1.807) is 41.5 Å². The van der Waals surface area contributed by atoms with Crippen molar-refractivity contribution in [3.8, 4) is 11.5 Å². The molecule has 8 nitrogen and oxygen atoms in total. The molecule has 0 bridgehead atoms. The highest BCUT2D eigenvalue weighted by molar-refractivity contribution is 6.33. The van der Waals surface area contributed by atoms with Crippen molar-refractivity contribution in [3.63, 3.8) is 0 Å². The molecule has 2 saturated carbocycles. The maximum atomic E-state index is 14.5. The van der Waals surface area contributed by atoms with E-state index in [0.29, 0.717) is 0 Å². The Labute approximate surface area is 284 Å². The van der Waals surface area contributed by atoms with Crippen molar-refractivity contribution in [2.24, 2.45) is 11.8 Å². The summed E-state index contributed by atoms with van der Waals surface area (Å²) < 4.78 is 95.4. The normalized spacial score (nSPS) is 17.2. The van der Waals surface area contributed by atoms with Gasteiger partial charge in [-0.25, -0.2) is 35.9 Å². The third kappa shape index (κ3) is 10.6. The molecule has 0 aromatic heterocycles. The SMILES string of the molecule is CC(C)(C)N(C(=O)O)c1ccc(OCC2CC(F)(F)C2)c(Cl)c1F.CC(C)(C)OC(=O)Nc1ccc(OCC2CC(F)(F)C2)c(Cl)c1F. The van der Waals surface area contributed by atoms with Gasteiger partial charge < -0.3 is 19.3 Å². The Kier molecular flexibility index (Phi) is 12.0. The van der Waals surface area contributed by atoms with Crippen molar-refractivity contribution in [2.75, 3.05) is 23.4 Å². The Balaban J connectivity index is 0.000000260. The predicted molar refractivity (Wildman–Crippen MR) is 169 cm³/mol. The summed E-state index contributed by atoms with van der Waals surface area (Å²) in [6, 6.07) is 5.25. The number of carbonyl (C=O) groups excluding carboxylic acids is 1. The number of alkyl halides is 4. The fourth-order valence-corrected chi connectivity index (χ4v) is 5.36. The maximum Gasteiger partial charge on any atom is 0.412 e. The van der Waals surface area contributed by atoms with Crippen LogP contribution in [0.3, 0.4) is 0 Å². The van der Waals surface area contributed by atoms with E-state index in [2.05, 4.69) is 5.32 Å². The van der Waals surface area contributed by atoms with E-state index >= 15 is 0 Å². The number of nitrogens with zero attached hydrogens (tertiary/aromatic N) is 1. The lowest BCUT2D eigenvalue weighted by Crippen LogP contribution is -2.45. The second-order valence-electron chi connectivity index (χ2n) is 13.7. The number of carbonyl (C=O) groups is 2. The molecule has 2 aromatic rings. The first-order valence-corrected chi connectivity index (χ1v) is 15.6. The lowest BCUT2D eigenvalue weighted by molar-refractivity contribution is -0.119. The fraction of sp³-hybridized carbons (Fsp3) is 0.562. The molecule has 0 heterocycles. The first-order valence-electron chi connectivity index (χ1n) is 14.9. The number of nitrogens with one attached hydrogen (secondary N) is 1. The summed E-state index contributed by atoms with van der Waals surface area (Å²) in [5.74, 6) is -7.62. The number of anilines is 2. The number of carboxylic acid groups (broad SMARTS) is 1. The van der Waals surface area contributed by atoms with Gasteiger partial charge in [0, 0.05) is 43.1 Å². The van der Waals surface area contributed by atoms with Gasteiger partial charge in [0.25, 0.3) is 0 Å². The summed E-state index contributed by atoms with van der Waals surface area (Å²) >= 11 is 11.8. The number of hydrogen-bond acceptors (Lipinski definition) is 5. The molecule has 2 aliphatic rings. The van der Waals surface area contributed by atoms with Crippen LogP contribution in [-0.2, 0) is 4.74 Å². The Hall–Kier alpha value is -3.26. The summed E-state index contributed by atoms with van der Waals surface area (Å²) in [7, 11) is 0. The topological polar surface area (TPSA) is 97.3 Å². The summed E-state index contributed by atoms with van der Waals surface area (Å²) in [6.07, 6.45) is -3.15. The van der Waals surface area contributed by atoms with Gasteiger partial charge in [-0.3, -0.25) is 10.2 Å². The summed E-state index contributed by atoms with van der Waals surface area (Å²) in [4.78, 5) is 24.0. The Bertz CT molecular complexity index is 1480. The highest BCUT2D eigenvalue weighted by Gasteiger charge is 2.46. The molecule has 0 atom stereocenters. The summed E-state index contributed by atoms with van der Waals surface area (Å²) in [5, 5.41) is 10.9. The molecule has 2 aromatic carbocycles. The van der Waals surface area contributed by atoms with E-state index in [1.165, 1.54) is 24.3 Å². The van der Waals surface area contributed by atoms with Gasteiger partial charge in [0.15, 0.2) is 11.6 Å². The van der Waals surface area contributed by atoms with Crippen LogP contribution in [0.5, 0.6) is 11.5 Å². The number of halogens is 8. The van der Waals surface area contributed by atoms with Gasteiger partial charge in [-0.15, -0.1) is 0 Å². The minimum atomic E-state index is -2.65. The zero-order valence-electron chi connectivity index (χ0n) is 27.2. The van der Waals surface area contributed by atoms with E-state index < -0.39 is 46.8 Å². The maximum absolute atomic E-state index is 14.5. The first kappa shape index (κ1) is 39.2. The largest absolute Gasteiger partial charge is 0.492 e. The van der Waals surface area contributed by atoms with E-state index in [-0.39, 0.29) is 83.7 Å². The lowest BCUT2D eigenvalue weighted by Gasteiger charge is -2.35. The highest BCUT2D eigenvalue weighted by Crippen LogP contribution is 2.44. The number of rotatable bonds is 8. The number of benzene rings is 2. The Morgan fingerprint density at radius 3 is 1.67 bits per heavy atom. The smallest absolute Gasteiger partial charge is 0.412 e. The zero-order chi connectivity index (χ0) is 36.4. The van der Waals surface area contributed by atoms with Crippen LogP contribution < -0.4 is 19.7 Å². The minimum absolute atomic E-state index is 0.00683. The first-order chi connectivity index (χ1) is 21.9. The molecule has 4 rings (SSSR count). The van der Waals surface area contributed by atoms with Crippen molar-refractivity contribution in [3.05, 3.63) is 45.9 Å². The highest BCUT2D eigenvalue weighted by atomic mass is 35.5. The average Bonchev–Trinajstić information content (AvgIpc) is 2.89. The fourth-order valence-electron chi connectivity index (χ4n) is 4.93. The number of ether oxygens (including phenoxy) is 3. The quantitative estimate of drug-likeness (QED) is 0.263. The van der Waals surface area contributed by atoms with Gasteiger partial charge in [-0.1, -0.05) is 23.2 Å². The molecular weight excluding hydrogens is 693 g/mol. The molecule has 2 aliphatic carbocycles. The molecule has 0 saturated heterocycles. The molecule has 2 fully saturated rings. The summed E-state index contributed by atoms with van der Waals surface area (Å²) in [6.45, 7) is 9.94. The average molecular weight is 732 g/mol. The Morgan fingerprint density at radius 1 is 0.833 bits per heavy atom.